The monoisotopic (exact) mass is 380 g/mol. The fourth-order valence-electron chi connectivity index (χ4n) is 5.01. The molecule has 28 heavy (non-hydrogen) atoms. The molecule has 0 radical (unpaired) electrons. The highest BCUT2D eigenvalue weighted by atomic mass is 15.4. The lowest BCUT2D eigenvalue weighted by atomic mass is 9.86. The van der Waals surface area contributed by atoms with Crippen molar-refractivity contribution >= 4 is 0 Å². The van der Waals surface area contributed by atoms with E-state index in [9.17, 15) is 0 Å². The Morgan fingerprint density at radius 3 is 2.32 bits per heavy atom. The zero-order valence-electron chi connectivity index (χ0n) is 18.3. The number of rotatable bonds is 4. The lowest BCUT2D eigenvalue weighted by Gasteiger charge is -2.22. The van der Waals surface area contributed by atoms with Crippen LogP contribution in [0.25, 0.3) is 11.4 Å². The summed E-state index contributed by atoms with van der Waals surface area (Å²) < 4.78 is 2.10. The van der Waals surface area contributed by atoms with Crippen molar-refractivity contribution in [2.24, 2.45) is 5.41 Å². The van der Waals surface area contributed by atoms with Crippen molar-refractivity contribution in [3.8, 4) is 11.4 Å². The number of benzene rings is 1. The van der Waals surface area contributed by atoms with Crippen LogP contribution in [0.15, 0.2) is 24.3 Å². The molecule has 4 rings (SSSR count). The van der Waals surface area contributed by atoms with E-state index >= 15 is 0 Å². The van der Waals surface area contributed by atoms with Crippen molar-refractivity contribution in [2.75, 3.05) is 13.1 Å². The van der Waals surface area contributed by atoms with Crippen molar-refractivity contribution in [3.05, 3.63) is 35.7 Å². The van der Waals surface area contributed by atoms with Crippen molar-refractivity contribution in [2.45, 2.75) is 84.7 Å². The molecule has 4 nitrogen and oxygen atoms in total. The lowest BCUT2D eigenvalue weighted by molar-refractivity contribution is 0.251. The lowest BCUT2D eigenvalue weighted by Crippen LogP contribution is -2.25. The fraction of sp³-hybridized carbons (Fsp3) is 0.667. The van der Waals surface area contributed by atoms with Gasteiger partial charge in [0.2, 0.25) is 0 Å². The zero-order chi connectivity index (χ0) is 19.9. The van der Waals surface area contributed by atoms with Crippen LogP contribution in [-0.4, -0.2) is 32.8 Å². The van der Waals surface area contributed by atoms with Crippen LogP contribution in [0.4, 0.5) is 0 Å². The molecule has 2 aromatic rings. The Bertz CT molecular complexity index is 804. The first-order valence-electron chi connectivity index (χ1n) is 11.0. The SMILES string of the molecule is CC(C)n1nc(CN2CCC3(CCCC3)C2)nc1-c1ccc(C(C)(C)C)cc1. The molecule has 1 aliphatic carbocycles. The minimum atomic E-state index is 0.168. The van der Waals surface area contributed by atoms with Crippen molar-refractivity contribution in [3.63, 3.8) is 0 Å². The fourth-order valence-corrected chi connectivity index (χ4v) is 5.01. The summed E-state index contributed by atoms with van der Waals surface area (Å²) in [5.41, 5.74) is 3.29. The van der Waals surface area contributed by atoms with Gasteiger partial charge in [-0.2, -0.15) is 5.10 Å². The first-order chi connectivity index (χ1) is 13.3. The van der Waals surface area contributed by atoms with Gasteiger partial charge in [0, 0.05) is 18.2 Å². The van der Waals surface area contributed by atoms with Gasteiger partial charge in [-0.3, -0.25) is 4.90 Å². The summed E-state index contributed by atoms with van der Waals surface area (Å²) in [5, 5.41) is 4.90. The van der Waals surface area contributed by atoms with Crippen molar-refractivity contribution in [1.29, 1.82) is 0 Å². The van der Waals surface area contributed by atoms with Crippen LogP contribution in [0.5, 0.6) is 0 Å². The van der Waals surface area contributed by atoms with Crippen LogP contribution in [0.2, 0.25) is 0 Å². The Balaban J connectivity index is 1.54. The minimum absolute atomic E-state index is 0.168. The van der Waals surface area contributed by atoms with E-state index in [-0.39, 0.29) is 5.41 Å². The second kappa shape index (κ2) is 7.29. The Labute approximate surface area is 170 Å². The topological polar surface area (TPSA) is 34.0 Å². The first-order valence-corrected chi connectivity index (χ1v) is 11.0. The van der Waals surface area contributed by atoms with Gasteiger partial charge >= 0.3 is 0 Å². The highest BCUT2D eigenvalue weighted by molar-refractivity contribution is 5.56. The van der Waals surface area contributed by atoms with Gasteiger partial charge in [0.15, 0.2) is 11.6 Å². The molecule has 1 saturated carbocycles. The predicted octanol–water partition coefficient (Wildman–Crippen LogP) is 5.59. The normalized spacial score (nSPS) is 19.9. The average Bonchev–Trinajstić information content (AvgIpc) is 3.36. The van der Waals surface area contributed by atoms with Gasteiger partial charge in [-0.25, -0.2) is 9.67 Å². The van der Waals surface area contributed by atoms with E-state index in [1.807, 2.05) is 0 Å². The standard InChI is InChI=1S/C24H36N4/c1-18(2)28-22(19-8-10-20(11-9-19)23(3,4)5)25-21(26-28)16-27-15-14-24(17-27)12-6-7-13-24/h8-11,18H,6-7,12-17H2,1-5H3. The molecule has 2 aliphatic rings. The van der Waals surface area contributed by atoms with Gasteiger partial charge in [0.25, 0.3) is 0 Å². The van der Waals surface area contributed by atoms with Gasteiger partial charge in [0.1, 0.15) is 0 Å². The Morgan fingerprint density at radius 1 is 1.04 bits per heavy atom. The van der Waals surface area contributed by atoms with Gasteiger partial charge in [-0.1, -0.05) is 57.9 Å². The Morgan fingerprint density at radius 2 is 1.71 bits per heavy atom. The first kappa shape index (κ1) is 19.6. The van der Waals surface area contributed by atoms with E-state index < -0.39 is 0 Å². The van der Waals surface area contributed by atoms with Crippen LogP contribution in [-0.2, 0) is 12.0 Å². The molecule has 152 valence electrons. The molecule has 0 amide bonds. The third kappa shape index (κ3) is 3.89. The van der Waals surface area contributed by atoms with Crippen LogP contribution in [0, 0.1) is 5.41 Å². The third-order valence-corrected chi connectivity index (χ3v) is 6.72. The van der Waals surface area contributed by atoms with E-state index in [1.54, 1.807) is 0 Å². The van der Waals surface area contributed by atoms with Crippen LogP contribution in [0.1, 0.15) is 84.2 Å². The number of aromatic nitrogens is 3. The quantitative estimate of drug-likeness (QED) is 0.693. The van der Waals surface area contributed by atoms with Crippen LogP contribution < -0.4 is 0 Å². The summed E-state index contributed by atoms with van der Waals surface area (Å²) in [6.45, 7) is 14.5. The molecule has 4 heteroatoms. The van der Waals surface area contributed by atoms with E-state index in [4.69, 9.17) is 10.1 Å². The summed E-state index contributed by atoms with van der Waals surface area (Å²) in [6, 6.07) is 9.18. The molecule has 1 aromatic carbocycles. The molecule has 2 heterocycles. The molecule has 1 aliphatic heterocycles. The summed E-state index contributed by atoms with van der Waals surface area (Å²) in [4.78, 5) is 7.56. The molecule has 1 spiro atoms. The van der Waals surface area contributed by atoms with Crippen LogP contribution in [0.3, 0.4) is 0 Å². The molecule has 1 saturated heterocycles. The molecule has 0 bridgehead atoms. The van der Waals surface area contributed by atoms with E-state index in [2.05, 4.69) is 68.5 Å². The summed E-state index contributed by atoms with van der Waals surface area (Å²) in [7, 11) is 0. The number of hydrogen-bond acceptors (Lipinski definition) is 3. The maximum atomic E-state index is 4.98. The van der Waals surface area contributed by atoms with E-state index in [1.165, 1.54) is 50.8 Å². The number of hydrogen-bond donors (Lipinski definition) is 0. The predicted molar refractivity (Wildman–Crippen MR) is 115 cm³/mol. The summed E-state index contributed by atoms with van der Waals surface area (Å²) >= 11 is 0. The average molecular weight is 381 g/mol. The Hall–Kier alpha value is -1.68. The largest absolute Gasteiger partial charge is 0.295 e. The maximum Gasteiger partial charge on any atom is 0.165 e. The van der Waals surface area contributed by atoms with Crippen LogP contribution >= 0.6 is 0 Å². The molecule has 0 atom stereocenters. The van der Waals surface area contributed by atoms with Gasteiger partial charge in [0.05, 0.1) is 6.54 Å². The van der Waals surface area contributed by atoms with Gasteiger partial charge in [-0.05, 0) is 56.0 Å². The molecular weight excluding hydrogens is 344 g/mol. The minimum Gasteiger partial charge on any atom is -0.295 e. The second-order valence-corrected chi connectivity index (χ2v) is 10.4. The van der Waals surface area contributed by atoms with Crippen molar-refractivity contribution < 1.29 is 0 Å². The number of likely N-dealkylation sites (tertiary alicyclic amines) is 1. The van der Waals surface area contributed by atoms with E-state index in [0.717, 1.165) is 23.8 Å². The highest BCUT2D eigenvalue weighted by Crippen LogP contribution is 2.45. The highest BCUT2D eigenvalue weighted by Gasteiger charge is 2.40. The molecular formula is C24H36N4. The molecule has 1 aromatic heterocycles. The number of nitrogens with zero attached hydrogens (tertiary/aromatic N) is 4. The van der Waals surface area contributed by atoms with Crippen molar-refractivity contribution in [1.82, 2.24) is 19.7 Å². The molecule has 0 N–H and O–H groups in total. The summed E-state index contributed by atoms with van der Waals surface area (Å²) in [5.74, 6) is 1.97. The zero-order valence-corrected chi connectivity index (χ0v) is 18.3. The molecule has 2 fully saturated rings. The van der Waals surface area contributed by atoms with E-state index in [0.29, 0.717) is 11.5 Å². The summed E-state index contributed by atoms with van der Waals surface area (Å²) in [6.07, 6.45) is 7.04. The van der Waals surface area contributed by atoms with Gasteiger partial charge in [-0.15, -0.1) is 0 Å². The van der Waals surface area contributed by atoms with Gasteiger partial charge < -0.3 is 0 Å². The smallest absolute Gasteiger partial charge is 0.165 e. The molecule has 0 unspecified atom stereocenters. The third-order valence-electron chi connectivity index (χ3n) is 6.72. The maximum absolute atomic E-state index is 4.98. The Kier molecular flexibility index (Phi) is 5.11. The second-order valence-electron chi connectivity index (χ2n) is 10.4.